The lowest BCUT2D eigenvalue weighted by atomic mass is 10.0. The molecule has 1 amide bonds. The van der Waals surface area contributed by atoms with Gasteiger partial charge in [0, 0.05) is 11.4 Å². The smallest absolute Gasteiger partial charge is 0.262 e. The van der Waals surface area contributed by atoms with Crippen LogP contribution in [0.3, 0.4) is 0 Å². The van der Waals surface area contributed by atoms with Crippen molar-refractivity contribution in [3.8, 4) is 11.8 Å². The first-order valence-electron chi connectivity index (χ1n) is 8.72. The van der Waals surface area contributed by atoms with Gasteiger partial charge in [0.25, 0.3) is 5.91 Å². The number of halogens is 1. The molecule has 1 aliphatic rings. The van der Waals surface area contributed by atoms with Crippen LogP contribution in [-0.2, 0) is 0 Å². The molecule has 0 saturated heterocycles. The third-order valence-corrected chi connectivity index (χ3v) is 4.53. The first-order chi connectivity index (χ1) is 13.7. The fraction of sp³-hybridized carbons (Fsp3) is 0.0909. The van der Waals surface area contributed by atoms with Crippen LogP contribution in [0.2, 0.25) is 0 Å². The molecule has 0 saturated carbocycles. The van der Waals surface area contributed by atoms with Crippen molar-refractivity contribution in [1.29, 1.82) is 5.26 Å². The average Bonchev–Trinajstić information content (AvgIpc) is 2.73. The molecule has 3 aromatic rings. The molecule has 28 heavy (non-hydrogen) atoms. The molecule has 0 spiro atoms. The first kappa shape index (κ1) is 17.6. The summed E-state index contributed by atoms with van der Waals surface area (Å²) in [6, 6.07) is 22.2. The molecule has 3 aromatic carbocycles. The quantitative estimate of drug-likeness (QED) is 0.731. The van der Waals surface area contributed by atoms with Crippen molar-refractivity contribution < 1.29 is 13.9 Å². The number of rotatable bonds is 4. The highest BCUT2D eigenvalue weighted by molar-refractivity contribution is 6.12. The van der Waals surface area contributed by atoms with Gasteiger partial charge >= 0.3 is 0 Å². The summed E-state index contributed by atoms with van der Waals surface area (Å²) < 4.78 is 18.7. The summed E-state index contributed by atoms with van der Waals surface area (Å²) in [5, 5.41) is 12.0. The molecule has 1 heterocycles. The Balaban J connectivity index is 1.75. The number of anilines is 2. The van der Waals surface area contributed by atoms with Gasteiger partial charge in [-0.25, -0.2) is 4.39 Å². The zero-order valence-electron chi connectivity index (χ0n) is 14.8. The Morgan fingerprint density at radius 2 is 1.75 bits per heavy atom. The van der Waals surface area contributed by atoms with E-state index in [9.17, 15) is 9.18 Å². The summed E-state index contributed by atoms with van der Waals surface area (Å²) in [6.45, 7) is -0.0331. The lowest BCUT2D eigenvalue weighted by Gasteiger charge is -2.38. The molecule has 5 nitrogen and oxygen atoms in total. The Morgan fingerprint density at radius 1 is 1.04 bits per heavy atom. The highest BCUT2D eigenvalue weighted by Gasteiger charge is 2.33. The van der Waals surface area contributed by atoms with E-state index in [1.807, 2.05) is 36.4 Å². The number of benzene rings is 3. The predicted octanol–water partition coefficient (Wildman–Crippen LogP) is 4.50. The number of nitrogens with zero attached hydrogens (tertiary/aromatic N) is 2. The number of fused-ring (bicyclic) bond motifs is 1. The Labute approximate surface area is 161 Å². The van der Waals surface area contributed by atoms with E-state index in [0.717, 1.165) is 11.3 Å². The van der Waals surface area contributed by atoms with E-state index in [0.29, 0.717) is 17.0 Å². The van der Waals surface area contributed by atoms with Crippen molar-refractivity contribution in [2.45, 2.75) is 6.17 Å². The molecule has 0 aromatic heterocycles. The van der Waals surface area contributed by atoms with Gasteiger partial charge in [0.15, 0.2) is 6.61 Å². The summed E-state index contributed by atoms with van der Waals surface area (Å²) in [6.07, 6.45) is -0.474. The highest BCUT2D eigenvalue weighted by atomic mass is 19.1. The maximum atomic E-state index is 13.4. The minimum atomic E-state index is -0.474. The summed E-state index contributed by atoms with van der Waals surface area (Å²) in [5.41, 5.74) is 2.71. The fourth-order valence-electron chi connectivity index (χ4n) is 3.22. The molecule has 0 fully saturated rings. The number of amides is 1. The van der Waals surface area contributed by atoms with E-state index >= 15 is 0 Å². The summed E-state index contributed by atoms with van der Waals surface area (Å²) in [4.78, 5) is 14.8. The third-order valence-electron chi connectivity index (χ3n) is 4.53. The molecular formula is C22H16FN3O2. The monoisotopic (exact) mass is 373 g/mol. The molecule has 0 unspecified atom stereocenters. The molecule has 138 valence electrons. The van der Waals surface area contributed by atoms with Gasteiger partial charge < -0.3 is 10.1 Å². The van der Waals surface area contributed by atoms with E-state index in [2.05, 4.69) is 5.32 Å². The van der Waals surface area contributed by atoms with Gasteiger partial charge in [-0.3, -0.25) is 9.69 Å². The number of ether oxygens (including phenoxy) is 1. The third kappa shape index (κ3) is 3.26. The molecule has 6 heteroatoms. The lowest BCUT2D eigenvalue weighted by molar-refractivity contribution is 0.0975. The SMILES string of the molecule is N#CCOc1ccc([C@@H]2Nc3ccccc3C(=O)N2c2ccc(F)cc2)cc1. The molecule has 0 radical (unpaired) electrons. The molecule has 4 rings (SSSR count). The molecule has 1 aliphatic heterocycles. The topological polar surface area (TPSA) is 65.4 Å². The van der Waals surface area contributed by atoms with Crippen molar-refractivity contribution in [1.82, 2.24) is 0 Å². The van der Waals surface area contributed by atoms with Gasteiger partial charge in [-0.15, -0.1) is 0 Å². The van der Waals surface area contributed by atoms with Gasteiger partial charge in [-0.1, -0.05) is 24.3 Å². The number of nitrogens with one attached hydrogen (secondary N) is 1. The second kappa shape index (κ2) is 7.41. The summed E-state index contributed by atoms with van der Waals surface area (Å²) >= 11 is 0. The maximum Gasteiger partial charge on any atom is 0.262 e. The van der Waals surface area contributed by atoms with Gasteiger partial charge in [0.1, 0.15) is 23.8 Å². The van der Waals surface area contributed by atoms with Crippen molar-refractivity contribution in [3.63, 3.8) is 0 Å². The van der Waals surface area contributed by atoms with Crippen molar-refractivity contribution in [3.05, 3.63) is 89.7 Å². The normalized spacial score (nSPS) is 15.4. The molecule has 1 atom stereocenters. The second-order valence-corrected chi connectivity index (χ2v) is 6.26. The van der Waals surface area contributed by atoms with E-state index in [-0.39, 0.29) is 18.3 Å². The maximum absolute atomic E-state index is 13.4. The fourth-order valence-corrected chi connectivity index (χ4v) is 3.22. The van der Waals surface area contributed by atoms with Crippen LogP contribution >= 0.6 is 0 Å². The van der Waals surface area contributed by atoms with Gasteiger partial charge in [0.05, 0.1) is 5.56 Å². The van der Waals surface area contributed by atoms with Crippen molar-refractivity contribution in [2.75, 3.05) is 16.8 Å². The standard InChI is InChI=1S/C22H16FN3O2/c23-16-7-9-17(10-8-16)26-21(15-5-11-18(12-6-15)28-14-13-24)25-20-4-2-1-3-19(20)22(26)27/h1-12,21,25H,14H2/t21-/m1/s1. The number of carbonyl (C=O) groups excluding carboxylic acids is 1. The first-order valence-corrected chi connectivity index (χ1v) is 8.72. The molecular weight excluding hydrogens is 357 g/mol. The van der Waals surface area contributed by atoms with Crippen LogP contribution in [-0.4, -0.2) is 12.5 Å². The van der Waals surface area contributed by atoms with Gasteiger partial charge in [-0.05, 0) is 54.1 Å². The number of para-hydroxylation sites is 1. The van der Waals surface area contributed by atoms with Crippen molar-refractivity contribution >= 4 is 17.3 Å². The minimum absolute atomic E-state index is 0.0331. The predicted molar refractivity (Wildman–Crippen MR) is 104 cm³/mol. The Kier molecular flexibility index (Phi) is 4.65. The van der Waals surface area contributed by atoms with Gasteiger partial charge in [0.2, 0.25) is 0 Å². The van der Waals surface area contributed by atoms with Crippen LogP contribution < -0.4 is 15.0 Å². The Bertz CT molecular complexity index is 1040. The van der Waals surface area contributed by atoms with E-state index in [4.69, 9.17) is 10.00 Å². The van der Waals surface area contributed by atoms with Crippen LogP contribution in [0.4, 0.5) is 15.8 Å². The average molecular weight is 373 g/mol. The zero-order valence-corrected chi connectivity index (χ0v) is 14.8. The zero-order chi connectivity index (χ0) is 19.5. The molecule has 0 bridgehead atoms. The highest BCUT2D eigenvalue weighted by Crippen LogP contribution is 2.37. The summed E-state index contributed by atoms with van der Waals surface area (Å²) in [7, 11) is 0. The van der Waals surface area contributed by atoms with Gasteiger partial charge in [-0.2, -0.15) is 5.26 Å². The summed E-state index contributed by atoms with van der Waals surface area (Å²) in [5.74, 6) is 0.0362. The number of hydrogen-bond donors (Lipinski definition) is 1. The number of nitriles is 1. The van der Waals surface area contributed by atoms with Crippen LogP contribution in [0, 0.1) is 17.1 Å². The van der Waals surface area contributed by atoms with Crippen LogP contribution in [0.15, 0.2) is 72.8 Å². The van der Waals surface area contributed by atoms with Crippen LogP contribution in [0.5, 0.6) is 5.75 Å². The molecule has 0 aliphatic carbocycles. The van der Waals surface area contributed by atoms with Crippen LogP contribution in [0.25, 0.3) is 0 Å². The second-order valence-electron chi connectivity index (χ2n) is 6.26. The number of carbonyl (C=O) groups is 1. The van der Waals surface area contributed by atoms with Crippen molar-refractivity contribution in [2.24, 2.45) is 0 Å². The van der Waals surface area contributed by atoms with E-state index in [1.165, 1.54) is 12.1 Å². The van der Waals surface area contributed by atoms with E-state index < -0.39 is 6.17 Å². The molecule has 1 N–H and O–H groups in total. The van der Waals surface area contributed by atoms with E-state index in [1.54, 1.807) is 35.2 Å². The van der Waals surface area contributed by atoms with Crippen LogP contribution in [0.1, 0.15) is 22.1 Å². The lowest BCUT2D eigenvalue weighted by Crippen LogP contribution is -2.43. The Hall–Kier alpha value is -3.85. The Morgan fingerprint density at radius 3 is 2.46 bits per heavy atom. The number of hydrogen-bond acceptors (Lipinski definition) is 4. The largest absolute Gasteiger partial charge is 0.479 e. The minimum Gasteiger partial charge on any atom is -0.479 e.